The quantitative estimate of drug-likeness (QED) is 0.884. The van der Waals surface area contributed by atoms with E-state index >= 15 is 0 Å². The van der Waals surface area contributed by atoms with Gasteiger partial charge in [0.2, 0.25) is 5.91 Å². The van der Waals surface area contributed by atoms with Crippen LogP contribution >= 0.6 is 11.6 Å². The van der Waals surface area contributed by atoms with E-state index in [2.05, 4.69) is 10.6 Å². The lowest BCUT2D eigenvalue weighted by Gasteiger charge is -2.20. The third-order valence-corrected chi connectivity index (χ3v) is 2.44. The molecule has 0 aliphatic carbocycles. The second kappa shape index (κ2) is 6.16. The molecule has 0 heterocycles. The van der Waals surface area contributed by atoms with Gasteiger partial charge in [0.1, 0.15) is 5.82 Å². The zero-order chi connectivity index (χ0) is 13.8. The topological polar surface area (TPSA) is 41.1 Å². The van der Waals surface area contributed by atoms with Crippen LogP contribution in [0.5, 0.6) is 0 Å². The Balaban J connectivity index is 2.43. The lowest BCUT2D eigenvalue weighted by Crippen LogP contribution is -2.44. The number of hydrogen-bond acceptors (Lipinski definition) is 2. The molecule has 0 unspecified atom stereocenters. The summed E-state index contributed by atoms with van der Waals surface area (Å²) >= 11 is 5.66. The van der Waals surface area contributed by atoms with Crippen LogP contribution in [0.25, 0.3) is 0 Å². The molecule has 0 fully saturated rings. The van der Waals surface area contributed by atoms with Gasteiger partial charge < -0.3 is 10.6 Å². The molecule has 2 N–H and O–H groups in total. The van der Waals surface area contributed by atoms with Crippen molar-refractivity contribution in [3.05, 3.63) is 34.6 Å². The molecule has 18 heavy (non-hydrogen) atoms. The first-order valence-electron chi connectivity index (χ1n) is 5.74. The van der Waals surface area contributed by atoms with Gasteiger partial charge in [-0.1, -0.05) is 23.7 Å². The molecule has 0 saturated heterocycles. The first-order valence-corrected chi connectivity index (χ1v) is 6.12. The number of halogens is 2. The Kier molecular flexibility index (Phi) is 5.11. The highest BCUT2D eigenvalue weighted by Crippen LogP contribution is 2.17. The van der Waals surface area contributed by atoms with Gasteiger partial charge in [-0.2, -0.15) is 0 Å². The number of benzene rings is 1. The van der Waals surface area contributed by atoms with E-state index in [0.717, 1.165) is 0 Å². The maximum atomic E-state index is 13.5. The zero-order valence-corrected chi connectivity index (χ0v) is 11.6. The summed E-state index contributed by atoms with van der Waals surface area (Å²) in [5.41, 5.74) is 0.186. The van der Waals surface area contributed by atoms with Crippen molar-refractivity contribution >= 4 is 17.5 Å². The van der Waals surface area contributed by atoms with Crippen molar-refractivity contribution in [1.29, 1.82) is 0 Å². The minimum atomic E-state index is -0.442. The maximum Gasteiger partial charge on any atom is 0.234 e. The van der Waals surface area contributed by atoms with Crippen LogP contribution in [-0.2, 0) is 11.3 Å². The lowest BCUT2D eigenvalue weighted by molar-refractivity contribution is -0.121. The number of carbonyl (C=O) groups excluding carboxylic acids is 1. The van der Waals surface area contributed by atoms with Gasteiger partial charge in [-0.05, 0) is 26.8 Å². The maximum absolute atomic E-state index is 13.5. The van der Waals surface area contributed by atoms with Crippen molar-refractivity contribution < 1.29 is 9.18 Å². The minimum Gasteiger partial charge on any atom is -0.350 e. The van der Waals surface area contributed by atoms with Crippen LogP contribution in [0.3, 0.4) is 0 Å². The Bertz CT molecular complexity index is 429. The second-order valence-electron chi connectivity index (χ2n) is 5.11. The van der Waals surface area contributed by atoms with E-state index in [1.165, 1.54) is 6.07 Å². The molecule has 100 valence electrons. The fraction of sp³-hybridized carbons (Fsp3) is 0.462. The Labute approximate surface area is 112 Å². The Hall–Kier alpha value is -1.13. The Morgan fingerprint density at radius 1 is 1.39 bits per heavy atom. The third kappa shape index (κ3) is 5.02. The van der Waals surface area contributed by atoms with Crippen LogP contribution in [-0.4, -0.2) is 18.0 Å². The standard InChI is InChI=1S/C13H18ClFN2O/c1-13(2,3)17-11(18)8-16-7-9-5-4-6-10(14)12(9)15/h4-6,16H,7-8H2,1-3H3,(H,17,18). The highest BCUT2D eigenvalue weighted by molar-refractivity contribution is 6.30. The minimum absolute atomic E-state index is 0.0912. The van der Waals surface area contributed by atoms with Gasteiger partial charge in [-0.15, -0.1) is 0 Å². The van der Waals surface area contributed by atoms with Crippen LogP contribution in [0.2, 0.25) is 5.02 Å². The molecule has 0 atom stereocenters. The Morgan fingerprint density at radius 2 is 2.06 bits per heavy atom. The smallest absolute Gasteiger partial charge is 0.234 e. The SMILES string of the molecule is CC(C)(C)NC(=O)CNCc1cccc(Cl)c1F. The molecule has 0 radical (unpaired) electrons. The first-order chi connectivity index (χ1) is 8.29. The zero-order valence-electron chi connectivity index (χ0n) is 10.8. The lowest BCUT2D eigenvalue weighted by atomic mass is 10.1. The van der Waals surface area contributed by atoms with Gasteiger partial charge >= 0.3 is 0 Å². The van der Waals surface area contributed by atoms with E-state index < -0.39 is 5.82 Å². The molecule has 0 spiro atoms. The van der Waals surface area contributed by atoms with Crippen molar-refractivity contribution in [3.8, 4) is 0 Å². The molecule has 0 aliphatic heterocycles. The van der Waals surface area contributed by atoms with E-state index in [1.807, 2.05) is 20.8 Å². The van der Waals surface area contributed by atoms with Crippen molar-refractivity contribution in [3.63, 3.8) is 0 Å². The molecule has 0 aromatic heterocycles. The summed E-state index contributed by atoms with van der Waals surface area (Å²) in [6.07, 6.45) is 0. The first kappa shape index (κ1) is 14.9. The molecule has 3 nitrogen and oxygen atoms in total. The molecule has 5 heteroatoms. The average molecular weight is 273 g/mol. The fourth-order valence-electron chi connectivity index (χ4n) is 1.46. The summed E-state index contributed by atoms with van der Waals surface area (Å²) in [4.78, 5) is 11.5. The number of carbonyl (C=O) groups is 1. The average Bonchev–Trinajstić information content (AvgIpc) is 2.21. The second-order valence-corrected chi connectivity index (χ2v) is 5.52. The highest BCUT2D eigenvalue weighted by Gasteiger charge is 2.13. The molecule has 1 amide bonds. The number of nitrogens with one attached hydrogen (secondary N) is 2. The predicted molar refractivity (Wildman–Crippen MR) is 71.0 cm³/mol. The molecule has 1 aromatic carbocycles. The summed E-state index contributed by atoms with van der Waals surface area (Å²) < 4.78 is 13.5. The van der Waals surface area contributed by atoms with Crippen LogP contribution in [0.4, 0.5) is 4.39 Å². The largest absolute Gasteiger partial charge is 0.350 e. The molecular formula is C13H18ClFN2O. The van der Waals surface area contributed by atoms with E-state index in [1.54, 1.807) is 12.1 Å². The normalized spacial score (nSPS) is 11.4. The van der Waals surface area contributed by atoms with Crippen molar-refractivity contribution in [1.82, 2.24) is 10.6 Å². The molecule has 1 aromatic rings. The van der Waals surface area contributed by atoms with Gasteiger partial charge in [-0.25, -0.2) is 4.39 Å². The fourth-order valence-corrected chi connectivity index (χ4v) is 1.65. The molecule has 0 aliphatic rings. The van der Waals surface area contributed by atoms with Crippen LogP contribution in [0.15, 0.2) is 18.2 Å². The molecule has 1 rings (SSSR count). The van der Waals surface area contributed by atoms with E-state index in [4.69, 9.17) is 11.6 Å². The van der Waals surface area contributed by atoms with Crippen LogP contribution in [0.1, 0.15) is 26.3 Å². The highest BCUT2D eigenvalue weighted by atomic mass is 35.5. The number of amides is 1. The third-order valence-electron chi connectivity index (χ3n) is 2.15. The summed E-state index contributed by atoms with van der Waals surface area (Å²) in [5, 5.41) is 5.78. The van der Waals surface area contributed by atoms with Gasteiger partial charge in [0.25, 0.3) is 0 Å². The van der Waals surface area contributed by atoms with Gasteiger partial charge in [0.15, 0.2) is 0 Å². The van der Waals surface area contributed by atoms with Gasteiger partial charge in [-0.3, -0.25) is 4.79 Å². The molecule has 0 saturated carbocycles. The number of hydrogen-bond donors (Lipinski definition) is 2. The summed E-state index contributed by atoms with van der Waals surface area (Å²) in [6.45, 7) is 6.12. The van der Waals surface area contributed by atoms with Crippen molar-refractivity contribution in [2.45, 2.75) is 32.9 Å². The van der Waals surface area contributed by atoms with Gasteiger partial charge in [0.05, 0.1) is 11.6 Å². The number of rotatable bonds is 4. The monoisotopic (exact) mass is 272 g/mol. The van der Waals surface area contributed by atoms with E-state index in [0.29, 0.717) is 5.56 Å². The summed E-state index contributed by atoms with van der Waals surface area (Å²) in [7, 11) is 0. The molecular weight excluding hydrogens is 255 g/mol. The summed E-state index contributed by atoms with van der Waals surface area (Å²) in [6, 6.07) is 4.81. The van der Waals surface area contributed by atoms with Crippen molar-refractivity contribution in [2.75, 3.05) is 6.54 Å². The van der Waals surface area contributed by atoms with Crippen molar-refractivity contribution in [2.24, 2.45) is 0 Å². The summed E-state index contributed by atoms with van der Waals surface area (Å²) in [5.74, 6) is -0.562. The van der Waals surface area contributed by atoms with Crippen LogP contribution in [0, 0.1) is 5.82 Å². The van der Waals surface area contributed by atoms with Gasteiger partial charge in [0, 0.05) is 17.6 Å². The van der Waals surface area contributed by atoms with E-state index in [-0.39, 0.29) is 29.6 Å². The van der Waals surface area contributed by atoms with Crippen LogP contribution < -0.4 is 10.6 Å². The van der Waals surface area contributed by atoms with E-state index in [9.17, 15) is 9.18 Å². The molecule has 0 bridgehead atoms. The Morgan fingerprint density at radius 3 is 2.67 bits per heavy atom. The predicted octanol–water partition coefficient (Wildman–Crippen LogP) is 2.48.